The highest BCUT2D eigenvalue weighted by molar-refractivity contribution is 5.52. The molecule has 2 aliphatic carbocycles. The molecule has 1 N–H and O–H groups in total. The average molecular weight is 539 g/mol. The van der Waals surface area contributed by atoms with Gasteiger partial charge in [-0.1, -0.05) is 48.5 Å². The molecular weight excluding hydrogens is 496 g/mol. The first kappa shape index (κ1) is 26.1. The van der Waals surface area contributed by atoms with Crippen LogP contribution >= 0.6 is 0 Å². The van der Waals surface area contributed by atoms with Crippen molar-refractivity contribution in [1.29, 1.82) is 0 Å². The molecule has 0 amide bonds. The first-order chi connectivity index (χ1) is 19.7. The summed E-state index contributed by atoms with van der Waals surface area (Å²) >= 11 is 0. The predicted molar refractivity (Wildman–Crippen MR) is 159 cm³/mol. The van der Waals surface area contributed by atoms with Gasteiger partial charge in [0.1, 0.15) is 5.75 Å². The fourth-order valence-corrected chi connectivity index (χ4v) is 7.81. The molecule has 0 unspecified atom stereocenters. The van der Waals surface area contributed by atoms with Gasteiger partial charge in [0.15, 0.2) is 5.79 Å². The number of hydrogen-bond donors (Lipinski definition) is 1. The molecule has 4 aliphatic rings. The molecule has 0 radical (unpaired) electrons. The third kappa shape index (κ3) is 5.27. The summed E-state index contributed by atoms with van der Waals surface area (Å²) in [6, 6.07) is 26.3. The fourth-order valence-electron chi connectivity index (χ4n) is 7.81. The lowest BCUT2D eigenvalue weighted by Crippen LogP contribution is -2.48. The monoisotopic (exact) mass is 538 g/mol. The van der Waals surface area contributed by atoms with Gasteiger partial charge < -0.3 is 19.5 Å². The summed E-state index contributed by atoms with van der Waals surface area (Å²) in [5, 5.41) is 10.1. The normalized spacial score (nSPS) is 25.2. The van der Waals surface area contributed by atoms with E-state index in [0.29, 0.717) is 17.6 Å². The summed E-state index contributed by atoms with van der Waals surface area (Å²) in [4.78, 5) is 5.22. The molecule has 2 aliphatic heterocycles. The van der Waals surface area contributed by atoms with E-state index in [-0.39, 0.29) is 5.79 Å². The second-order valence-corrected chi connectivity index (χ2v) is 12.3. The number of anilines is 1. The molecule has 0 bridgehead atoms. The first-order valence-electron chi connectivity index (χ1n) is 15.4. The number of piperazine rings is 1. The molecule has 40 heavy (non-hydrogen) atoms. The maximum atomic E-state index is 10.1. The smallest absolute Gasteiger partial charge is 0.168 e. The van der Waals surface area contributed by atoms with Gasteiger partial charge in [-0.25, -0.2) is 0 Å². The van der Waals surface area contributed by atoms with Crippen molar-refractivity contribution in [2.45, 2.75) is 56.1 Å². The summed E-state index contributed by atoms with van der Waals surface area (Å²) < 4.78 is 11.9. The molecule has 3 aromatic rings. The Morgan fingerprint density at radius 2 is 1.50 bits per heavy atom. The highest BCUT2D eigenvalue weighted by Crippen LogP contribution is 2.47. The van der Waals surface area contributed by atoms with Crippen LogP contribution in [0, 0.1) is 5.92 Å². The van der Waals surface area contributed by atoms with Crippen molar-refractivity contribution < 1.29 is 14.6 Å². The van der Waals surface area contributed by atoms with Gasteiger partial charge in [-0.3, -0.25) is 4.90 Å². The molecule has 2 saturated heterocycles. The van der Waals surface area contributed by atoms with Crippen LogP contribution in [0.2, 0.25) is 0 Å². The number of nitrogens with zero attached hydrogens (tertiary/aromatic N) is 2. The van der Waals surface area contributed by atoms with Crippen molar-refractivity contribution in [3.63, 3.8) is 0 Å². The van der Waals surface area contributed by atoms with E-state index >= 15 is 0 Å². The number of rotatable bonds is 5. The standard InChI is InChI=1S/C35H42N2O3/c38-31-11-13-33-29(24-31)8-12-32(27-4-2-1-3-5-27)34(33)28-6-9-30(10-7-28)37-20-18-36(19-21-37)25-26-14-16-35(17-15-26)39-22-23-40-35/h1-7,9-11,13,24,26,32,34,38H,8,12,14-23,25H2/t32-,34+/m1/s1. The molecule has 7 rings (SSSR count). The number of ether oxygens (including phenoxy) is 2. The van der Waals surface area contributed by atoms with Crippen LogP contribution in [0.15, 0.2) is 72.8 Å². The van der Waals surface area contributed by atoms with E-state index in [1.54, 1.807) is 0 Å². The largest absolute Gasteiger partial charge is 0.508 e. The predicted octanol–water partition coefficient (Wildman–Crippen LogP) is 6.31. The fraction of sp³-hybridized carbons (Fsp3) is 0.486. The van der Waals surface area contributed by atoms with Crippen molar-refractivity contribution in [1.82, 2.24) is 4.90 Å². The lowest BCUT2D eigenvalue weighted by atomic mass is 9.69. The summed E-state index contributed by atoms with van der Waals surface area (Å²) in [5.74, 6) is 1.63. The summed E-state index contributed by atoms with van der Waals surface area (Å²) in [6.07, 6.45) is 6.65. The summed E-state index contributed by atoms with van der Waals surface area (Å²) in [6.45, 7) is 7.17. The number of phenols is 1. The summed E-state index contributed by atoms with van der Waals surface area (Å²) in [7, 11) is 0. The third-order valence-electron chi connectivity index (χ3n) is 10.0. The molecular formula is C35H42N2O3. The maximum Gasteiger partial charge on any atom is 0.168 e. The molecule has 3 aromatic carbocycles. The van der Waals surface area contributed by atoms with E-state index in [9.17, 15) is 5.11 Å². The minimum atomic E-state index is -0.246. The van der Waals surface area contributed by atoms with E-state index in [2.05, 4.69) is 70.5 Å². The zero-order valence-electron chi connectivity index (χ0n) is 23.5. The van der Waals surface area contributed by atoms with Crippen LogP contribution in [0.5, 0.6) is 5.75 Å². The second-order valence-electron chi connectivity index (χ2n) is 12.3. The minimum Gasteiger partial charge on any atom is -0.508 e. The average Bonchev–Trinajstić information content (AvgIpc) is 3.46. The van der Waals surface area contributed by atoms with E-state index in [1.165, 1.54) is 47.3 Å². The Hall–Kier alpha value is -2.86. The van der Waals surface area contributed by atoms with Crippen molar-refractivity contribution >= 4 is 5.69 Å². The lowest BCUT2D eigenvalue weighted by molar-refractivity contribution is -0.183. The van der Waals surface area contributed by atoms with Crippen LogP contribution in [-0.2, 0) is 15.9 Å². The Balaban J connectivity index is 1.01. The van der Waals surface area contributed by atoms with Gasteiger partial charge in [0.05, 0.1) is 13.2 Å². The van der Waals surface area contributed by atoms with Crippen LogP contribution in [0.4, 0.5) is 5.69 Å². The minimum absolute atomic E-state index is 0.246. The maximum absolute atomic E-state index is 10.1. The molecule has 1 saturated carbocycles. The van der Waals surface area contributed by atoms with Gasteiger partial charge in [0.2, 0.25) is 0 Å². The van der Waals surface area contributed by atoms with Crippen molar-refractivity contribution in [3.05, 3.63) is 95.1 Å². The van der Waals surface area contributed by atoms with Crippen molar-refractivity contribution in [2.24, 2.45) is 5.92 Å². The topological polar surface area (TPSA) is 45.2 Å². The highest BCUT2D eigenvalue weighted by Gasteiger charge is 2.40. The Labute approximate surface area is 238 Å². The van der Waals surface area contributed by atoms with E-state index in [4.69, 9.17) is 9.47 Å². The van der Waals surface area contributed by atoms with E-state index in [0.717, 1.165) is 71.0 Å². The van der Waals surface area contributed by atoms with Gasteiger partial charge in [-0.15, -0.1) is 0 Å². The number of fused-ring (bicyclic) bond motifs is 1. The SMILES string of the molecule is Oc1ccc2c(c1)CC[C@H](c1ccccc1)[C@@H]2c1ccc(N2CCN(CC3CCC4(CC3)OCCO4)CC2)cc1. The molecule has 5 heteroatoms. The number of hydrogen-bond acceptors (Lipinski definition) is 5. The molecule has 3 fully saturated rings. The van der Waals surface area contributed by atoms with Gasteiger partial charge in [-0.2, -0.15) is 0 Å². The van der Waals surface area contributed by atoms with Gasteiger partial charge in [0.25, 0.3) is 0 Å². The quantitative estimate of drug-likeness (QED) is 0.413. The molecule has 1 spiro atoms. The second kappa shape index (κ2) is 11.2. The molecule has 210 valence electrons. The van der Waals surface area contributed by atoms with Crippen molar-refractivity contribution in [3.8, 4) is 5.75 Å². The van der Waals surface area contributed by atoms with Crippen LogP contribution in [0.25, 0.3) is 0 Å². The Morgan fingerprint density at radius 3 is 2.23 bits per heavy atom. The van der Waals surface area contributed by atoms with Gasteiger partial charge >= 0.3 is 0 Å². The Morgan fingerprint density at radius 1 is 0.775 bits per heavy atom. The molecule has 2 heterocycles. The third-order valence-corrected chi connectivity index (χ3v) is 10.0. The first-order valence-corrected chi connectivity index (χ1v) is 15.4. The Kier molecular flexibility index (Phi) is 7.29. The van der Waals surface area contributed by atoms with Crippen LogP contribution < -0.4 is 4.90 Å². The molecule has 0 aromatic heterocycles. The van der Waals surface area contributed by atoms with Crippen LogP contribution in [0.3, 0.4) is 0 Å². The highest BCUT2D eigenvalue weighted by atomic mass is 16.7. The van der Waals surface area contributed by atoms with Crippen molar-refractivity contribution in [2.75, 3.05) is 50.8 Å². The number of benzene rings is 3. The Bertz CT molecular complexity index is 1270. The number of aromatic hydroxyl groups is 1. The molecule has 2 atom stereocenters. The zero-order chi connectivity index (χ0) is 26.9. The number of phenolic OH excluding ortho intramolecular Hbond substituents is 1. The van der Waals surface area contributed by atoms with Gasteiger partial charge in [0, 0.05) is 57.2 Å². The van der Waals surface area contributed by atoms with E-state index < -0.39 is 0 Å². The van der Waals surface area contributed by atoms with Crippen LogP contribution in [0.1, 0.15) is 66.2 Å². The lowest BCUT2D eigenvalue weighted by Gasteiger charge is -2.40. The zero-order valence-corrected chi connectivity index (χ0v) is 23.5. The van der Waals surface area contributed by atoms with Gasteiger partial charge in [-0.05, 0) is 84.0 Å². The molecule has 5 nitrogen and oxygen atoms in total. The number of aryl methyl sites for hydroxylation is 1. The summed E-state index contributed by atoms with van der Waals surface area (Å²) in [5.41, 5.74) is 6.75. The van der Waals surface area contributed by atoms with Crippen LogP contribution in [-0.4, -0.2) is 61.7 Å². The van der Waals surface area contributed by atoms with E-state index in [1.807, 2.05) is 12.1 Å².